The molecule has 0 bridgehead atoms. The minimum Gasteiger partial charge on any atom is -0.496 e. The van der Waals surface area contributed by atoms with E-state index in [1.54, 1.807) is 14.0 Å². The summed E-state index contributed by atoms with van der Waals surface area (Å²) in [5, 5.41) is 0. The fraction of sp³-hybridized carbons (Fsp3) is 0.562. The molecule has 0 radical (unpaired) electrons. The van der Waals surface area contributed by atoms with Crippen LogP contribution in [0.1, 0.15) is 43.5 Å². The zero-order valence-electron chi connectivity index (χ0n) is 12.1. The lowest BCUT2D eigenvalue weighted by Gasteiger charge is -2.27. The zero-order chi connectivity index (χ0) is 13.8. The number of Topliss-reactive ketones (excluding diaryl/α,β-unsaturated/α-hetero) is 1. The topological polar surface area (TPSA) is 29.5 Å². The first-order chi connectivity index (χ1) is 9.17. The summed E-state index contributed by atoms with van der Waals surface area (Å²) in [6.07, 6.45) is 3.72. The maximum atomic E-state index is 11.9. The summed E-state index contributed by atoms with van der Waals surface area (Å²) in [7, 11) is 1.62. The van der Waals surface area contributed by atoms with E-state index in [9.17, 15) is 4.79 Å². The van der Waals surface area contributed by atoms with Gasteiger partial charge in [0.2, 0.25) is 0 Å². The highest BCUT2D eigenvalue weighted by Crippen LogP contribution is 2.35. The first kappa shape index (κ1) is 13.9. The number of methoxy groups -OCH3 is 1. The highest BCUT2D eigenvalue weighted by Gasteiger charge is 2.26. The van der Waals surface area contributed by atoms with Crippen molar-refractivity contribution in [2.75, 3.05) is 25.1 Å². The van der Waals surface area contributed by atoms with E-state index in [2.05, 4.69) is 11.8 Å². The second-order valence-electron chi connectivity index (χ2n) is 5.30. The van der Waals surface area contributed by atoms with Gasteiger partial charge in [0.15, 0.2) is 5.78 Å². The molecule has 104 valence electrons. The molecule has 1 aromatic rings. The van der Waals surface area contributed by atoms with Crippen LogP contribution >= 0.6 is 0 Å². The molecule has 1 aromatic carbocycles. The molecule has 0 spiro atoms. The number of ketones is 1. The van der Waals surface area contributed by atoms with Crippen LogP contribution in [0.15, 0.2) is 18.2 Å². The van der Waals surface area contributed by atoms with Gasteiger partial charge in [0, 0.05) is 13.1 Å². The van der Waals surface area contributed by atoms with E-state index in [4.69, 9.17) is 4.74 Å². The van der Waals surface area contributed by atoms with E-state index < -0.39 is 0 Å². The fourth-order valence-electron chi connectivity index (χ4n) is 2.50. The van der Waals surface area contributed by atoms with Crippen molar-refractivity contribution in [1.82, 2.24) is 0 Å². The number of hydrogen-bond acceptors (Lipinski definition) is 3. The van der Waals surface area contributed by atoms with Crippen molar-refractivity contribution in [2.45, 2.75) is 33.1 Å². The number of nitrogens with zero attached hydrogens (tertiary/aromatic N) is 1. The van der Waals surface area contributed by atoms with Crippen molar-refractivity contribution in [3.8, 4) is 5.75 Å². The van der Waals surface area contributed by atoms with Crippen molar-refractivity contribution >= 4 is 11.5 Å². The summed E-state index contributed by atoms with van der Waals surface area (Å²) >= 11 is 0. The summed E-state index contributed by atoms with van der Waals surface area (Å²) in [5.74, 6) is 1.56. The number of carbonyl (C=O) groups excluding carboxylic acids is 1. The molecule has 1 saturated carbocycles. The third-order valence-corrected chi connectivity index (χ3v) is 3.59. The molecule has 0 heterocycles. The van der Waals surface area contributed by atoms with E-state index in [0.717, 1.165) is 36.7 Å². The maximum Gasteiger partial charge on any atom is 0.165 e. The molecular weight excluding hydrogens is 238 g/mol. The monoisotopic (exact) mass is 261 g/mol. The average molecular weight is 261 g/mol. The number of anilines is 1. The molecule has 0 atom stereocenters. The molecule has 0 saturated heterocycles. The largest absolute Gasteiger partial charge is 0.496 e. The zero-order valence-corrected chi connectivity index (χ0v) is 12.1. The smallest absolute Gasteiger partial charge is 0.165 e. The first-order valence-corrected chi connectivity index (χ1v) is 7.10. The predicted octanol–water partition coefficient (Wildman–Crippen LogP) is 3.52. The molecule has 1 fully saturated rings. The van der Waals surface area contributed by atoms with Crippen molar-refractivity contribution in [2.24, 2.45) is 5.92 Å². The number of benzene rings is 1. The molecule has 0 amide bonds. The van der Waals surface area contributed by atoms with Gasteiger partial charge in [-0.1, -0.05) is 13.0 Å². The van der Waals surface area contributed by atoms with Crippen LogP contribution in [0.2, 0.25) is 0 Å². The van der Waals surface area contributed by atoms with Crippen LogP contribution < -0.4 is 9.64 Å². The van der Waals surface area contributed by atoms with Crippen LogP contribution in [0.5, 0.6) is 5.75 Å². The fourth-order valence-corrected chi connectivity index (χ4v) is 2.50. The van der Waals surface area contributed by atoms with Crippen LogP contribution in [0.25, 0.3) is 0 Å². The van der Waals surface area contributed by atoms with Crippen LogP contribution in [-0.4, -0.2) is 26.0 Å². The Bertz CT molecular complexity index is 452. The Kier molecular flexibility index (Phi) is 4.46. The van der Waals surface area contributed by atoms with Crippen molar-refractivity contribution < 1.29 is 9.53 Å². The molecule has 2 rings (SSSR count). The molecule has 19 heavy (non-hydrogen) atoms. The van der Waals surface area contributed by atoms with Crippen molar-refractivity contribution in [3.05, 3.63) is 23.8 Å². The second-order valence-corrected chi connectivity index (χ2v) is 5.30. The molecule has 0 N–H and O–H groups in total. The average Bonchev–Trinajstić information content (AvgIpc) is 3.21. The second kappa shape index (κ2) is 6.09. The van der Waals surface area contributed by atoms with Crippen LogP contribution in [-0.2, 0) is 0 Å². The van der Waals surface area contributed by atoms with Crippen molar-refractivity contribution in [1.29, 1.82) is 0 Å². The standard InChI is InChI=1S/C16H23NO2/c1-4-10-17(11-13-8-9-13)14-6-5-7-15(19-3)16(14)12(2)18/h5-7,13H,4,8-11H2,1-3H3. The van der Waals surface area contributed by atoms with Gasteiger partial charge in [-0.2, -0.15) is 0 Å². The van der Waals surface area contributed by atoms with Gasteiger partial charge >= 0.3 is 0 Å². The number of ether oxygens (including phenoxy) is 1. The van der Waals surface area contributed by atoms with Gasteiger partial charge < -0.3 is 9.64 Å². The Labute approximate surface area is 115 Å². The third-order valence-electron chi connectivity index (χ3n) is 3.59. The van der Waals surface area contributed by atoms with Gasteiger partial charge in [0.1, 0.15) is 5.75 Å². The quantitative estimate of drug-likeness (QED) is 0.703. The Balaban J connectivity index is 2.35. The molecule has 0 unspecified atom stereocenters. The Morgan fingerprint density at radius 2 is 2.16 bits per heavy atom. The van der Waals surface area contributed by atoms with E-state index in [-0.39, 0.29) is 5.78 Å². The lowest BCUT2D eigenvalue weighted by Crippen LogP contribution is -2.28. The van der Waals surface area contributed by atoms with E-state index in [1.807, 2.05) is 18.2 Å². The number of carbonyl (C=O) groups is 1. The molecule has 0 aromatic heterocycles. The molecular formula is C16H23NO2. The molecule has 3 heteroatoms. The van der Waals surface area contributed by atoms with Crippen LogP contribution in [0.3, 0.4) is 0 Å². The lowest BCUT2D eigenvalue weighted by atomic mass is 10.1. The van der Waals surface area contributed by atoms with E-state index in [1.165, 1.54) is 12.8 Å². The predicted molar refractivity (Wildman–Crippen MR) is 78.2 cm³/mol. The van der Waals surface area contributed by atoms with Gasteiger partial charge in [0.25, 0.3) is 0 Å². The van der Waals surface area contributed by atoms with Gasteiger partial charge in [-0.25, -0.2) is 0 Å². The molecule has 0 aliphatic heterocycles. The SMILES string of the molecule is CCCN(CC1CC1)c1cccc(OC)c1C(C)=O. The van der Waals surface area contributed by atoms with Crippen LogP contribution in [0, 0.1) is 5.92 Å². The molecule has 3 nitrogen and oxygen atoms in total. The number of hydrogen-bond donors (Lipinski definition) is 0. The van der Waals surface area contributed by atoms with E-state index >= 15 is 0 Å². The third kappa shape index (κ3) is 3.28. The van der Waals surface area contributed by atoms with Gasteiger partial charge in [-0.15, -0.1) is 0 Å². The minimum atomic E-state index is 0.0735. The number of rotatable bonds is 7. The Morgan fingerprint density at radius 1 is 1.42 bits per heavy atom. The summed E-state index contributed by atoms with van der Waals surface area (Å²) in [5.41, 5.74) is 1.75. The first-order valence-electron chi connectivity index (χ1n) is 7.10. The normalized spacial score (nSPS) is 14.3. The highest BCUT2D eigenvalue weighted by molar-refractivity contribution is 6.02. The van der Waals surface area contributed by atoms with Crippen LogP contribution in [0.4, 0.5) is 5.69 Å². The van der Waals surface area contributed by atoms with Gasteiger partial charge in [0.05, 0.1) is 18.4 Å². The van der Waals surface area contributed by atoms with Gasteiger partial charge in [-0.05, 0) is 44.2 Å². The summed E-state index contributed by atoms with van der Waals surface area (Å²) in [4.78, 5) is 14.3. The summed E-state index contributed by atoms with van der Waals surface area (Å²) < 4.78 is 5.35. The maximum absolute atomic E-state index is 11.9. The Morgan fingerprint density at radius 3 is 2.68 bits per heavy atom. The minimum absolute atomic E-state index is 0.0735. The molecule has 1 aliphatic rings. The lowest BCUT2D eigenvalue weighted by molar-refractivity contribution is 0.101. The van der Waals surface area contributed by atoms with Gasteiger partial charge in [-0.3, -0.25) is 4.79 Å². The Hall–Kier alpha value is -1.51. The van der Waals surface area contributed by atoms with E-state index in [0.29, 0.717) is 5.75 Å². The summed E-state index contributed by atoms with van der Waals surface area (Å²) in [6, 6.07) is 5.87. The highest BCUT2D eigenvalue weighted by atomic mass is 16.5. The molecule has 1 aliphatic carbocycles. The van der Waals surface area contributed by atoms with Crippen molar-refractivity contribution in [3.63, 3.8) is 0 Å². The summed E-state index contributed by atoms with van der Waals surface area (Å²) in [6.45, 7) is 5.83.